The first-order chi connectivity index (χ1) is 11.8. The van der Waals surface area contributed by atoms with Gasteiger partial charge >= 0.3 is 0 Å². The van der Waals surface area contributed by atoms with Gasteiger partial charge in [0.15, 0.2) is 0 Å². The van der Waals surface area contributed by atoms with Crippen LogP contribution in [-0.4, -0.2) is 49.3 Å². The highest BCUT2D eigenvalue weighted by molar-refractivity contribution is 6.05. The summed E-state index contributed by atoms with van der Waals surface area (Å²) in [4.78, 5) is 14.3. The van der Waals surface area contributed by atoms with Gasteiger partial charge in [0.2, 0.25) is 0 Å². The van der Waals surface area contributed by atoms with Gasteiger partial charge in [0, 0.05) is 17.8 Å². The fourth-order valence-electron chi connectivity index (χ4n) is 2.57. The van der Waals surface area contributed by atoms with E-state index in [1.807, 2.05) is 51.0 Å². The molecule has 0 bridgehead atoms. The number of carbonyl (C=O) groups excluding carboxylic acids is 1. The Morgan fingerprint density at radius 1 is 1.16 bits per heavy atom. The van der Waals surface area contributed by atoms with E-state index in [4.69, 9.17) is 4.74 Å². The van der Waals surface area contributed by atoms with E-state index in [9.17, 15) is 9.90 Å². The van der Waals surface area contributed by atoms with Crippen molar-refractivity contribution in [2.24, 2.45) is 0 Å². The minimum absolute atomic E-state index is 0.132. The maximum atomic E-state index is 12.4. The summed E-state index contributed by atoms with van der Waals surface area (Å²) >= 11 is 0. The number of benzene rings is 2. The second-order valence-corrected chi connectivity index (χ2v) is 6.52. The van der Waals surface area contributed by atoms with Crippen LogP contribution in [0.5, 0.6) is 5.75 Å². The first kappa shape index (κ1) is 19.0. The molecule has 0 saturated carbocycles. The minimum atomic E-state index is -0.543. The van der Waals surface area contributed by atoms with E-state index in [0.29, 0.717) is 23.5 Å². The van der Waals surface area contributed by atoms with E-state index < -0.39 is 6.10 Å². The summed E-state index contributed by atoms with van der Waals surface area (Å²) in [5.41, 5.74) is 3.45. The number of aryl methyl sites for hydroxylation is 2. The molecule has 0 fully saturated rings. The number of carbonyl (C=O) groups is 1. The van der Waals surface area contributed by atoms with Gasteiger partial charge in [0.25, 0.3) is 5.91 Å². The SMILES string of the molecule is Cc1ccc(C(=O)Nc2ccc(OCC(O)CN(C)C)cc2)c(C)c1. The number of likely N-dealkylation sites (N-methyl/N-ethyl adjacent to an activating group) is 1. The highest BCUT2D eigenvalue weighted by Crippen LogP contribution is 2.18. The molecular weight excluding hydrogens is 316 g/mol. The van der Waals surface area contributed by atoms with Crippen LogP contribution in [0.3, 0.4) is 0 Å². The van der Waals surface area contributed by atoms with E-state index in [0.717, 1.165) is 11.1 Å². The van der Waals surface area contributed by atoms with Crippen molar-refractivity contribution in [1.82, 2.24) is 4.90 Å². The smallest absolute Gasteiger partial charge is 0.255 e. The predicted octanol–water partition coefficient (Wildman–Crippen LogP) is 2.86. The number of hydrogen-bond acceptors (Lipinski definition) is 4. The Bertz CT molecular complexity index is 711. The van der Waals surface area contributed by atoms with Crippen molar-refractivity contribution in [3.05, 3.63) is 59.2 Å². The summed E-state index contributed by atoms with van der Waals surface area (Å²) in [5, 5.41) is 12.7. The summed E-state index contributed by atoms with van der Waals surface area (Å²) in [6.07, 6.45) is -0.543. The van der Waals surface area contributed by atoms with Crippen LogP contribution in [0.25, 0.3) is 0 Å². The topological polar surface area (TPSA) is 61.8 Å². The van der Waals surface area contributed by atoms with Gasteiger partial charge in [0.05, 0.1) is 0 Å². The van der Waals surface area contributed by atoms with E-state index >= 15 is 0 Å². The third-order valence-electron chi connectivity index (χ3n) is 3.76. The van der Waals surface area contributed by atoms with Crippen LogP contribution in [0.2, 0.25) is 0 Å². The number of aliphatic hydroxyl groups excluding tert-OH is 1. The maximum Gasteiger partial charge on any atom is 0.255 e. The number of nitrogens with one attached hydrogen (secondary N) is 1. The Labute approximate surface area is 149 Å². The summed E-state index contributed by atoms with van der Waals surface area (Å²) in [7, 11) is 3.80. The first-order valence-corrected chi connectivity index (χ1v) is 8.29. The van der Waals surface area contributed by atoms with Gasteiger partial charge < -0.3 is 20.1 Å². The zero-order chi connectivity index (χ0) is 18.4. The number of ether oxygens (including phenoxy) is 1. The molecule has 0 aliphatic carbocycles. The van der Waals surface area contributed by atoms with Crippen molar-refractivity contribution in [3.8, 4) is 5.75 Å². The number of rotatable bonds is 7. The molecule has 0 heterocycles. The van der Waals surface area contributed by atoms with Gasteiger partial charge in [-0.25, -0.2) is 0 Å². The quantitative estimate of drug-likeness (QED) is 0.812. The van der Waals surface area contributed by atoms with Crippen LogP contribution in [-0.2, 0) is 0 Å². The van der Waals surface area contributed by atoms with Crippen LogP contribution in [0, 0.1) is 13.8 Å². The van der Waals surface area contributed by atoms with Crippen molar-refractivity contribution >= 4 is 11.6 Å². The van der Waals surface area contributed by atoms with Gasteiger partial charge in [-0.2, -0.15) is 0 Å². The molecule has 2 N–H and O–H groups in total. The van der Waals surface area contributed by atoms with Gasteiger partial charge in [-0.05, 0) is 63.8 Å². The van der Waals surface area contributed by atoms with Crippen molar-refractivity contribution < 1.29 is 14.6 Å². The molecule has 134 valence electrons. The van der Waals surface area contributed by atoms with Gasteiger partial charge in [-0.15, -0.1) is 0 Å². The predicted molar refractivity (Wildman–Crippen MR) is 100 cm³/mol. The maximum absolute atomic E-state index is 12.4. The lowest BCUT2D eigenvalue weighted by Crippen LogP contribution is -2.30. The molecule has 2 rings (SSSR count). The minimum Gasteiger partial charge on any atom is -0.491 e. The fourth-order valence-corrected chi connectivity index (χ4v) is 2.57. The largest absolute Gasteiger partial charge is 0.491 e. The van der Waals surface area contributed by atoms with Crippen LogP contribution < -0.4 is 10.1 Å². The summed E-state index contributed by atoms with van der Waals surface area (Å²) in [6, 6.07) is 12.9. The van der Waals surface area contributed by atoms with E-state index in [1.54, 1.807) is 24.3 Å². The zero-order valence-corrected chi connectivity index (χ0v) is 15.2. The molecule has 5 nitrogen and oxygen atoms in total. The average molecular weight is 342 g/mol. The highest BCUT2D eigenvalue weighted by atomic mass is 16.5. The van der Waals surface area contributed by atoms with Gasteiger partial charge in [-0.1, -0.05) is 17.7 Å². The van der Waals surface area contributed by atoms with E-state index in [1.165, 1.54) is 0 Å². The molecule has 2 aromatic rings. The Balaban J connectivity index is 1.92. The van der Waals surface area contributed by atoms with E-state index in [2.05, 4.69) is 5.32 Å². The molecule has 0 spiro atoms. The third-order valence-corrected chi connectivity index (χ3v) is 3.76. The number of hydrogen-bond donors (Lipinski definition) is 2. The van der Waals surface area contributed by atoms with E-state index in [-0.39, 0.29) is 12.5 Å². The lowest BCUT2D eigenvalue weighted by Gasteiger charge is -2.16. The summed E-state index contributed by atoms with van der Waals surface area (Å²) in [5.74, 6) is 0.523. The molecule has 1 atom stereocenters. The Kier molecular flexibility index (Phi) is 6.56. The van der Waals surface area contributed by atoms with Crippen LogP contribution in [0.15, 0.2) is 42.5 Å². The van der Waals surface area contributed by atoms with Crippen molar-refractivity contribution in [2.45, 2.75) is 20.0 Å². The molecule has 0 radical (unpaired) electrons. The molecule has 2 aromatic carbocycles. The molecule has 0 aliphatic rings. The molecule has 1 unspecified atom stereocenters. The second-order valence-electron chi connectivity index (χ2n) is 6.52. The Morgan fingerprint density at radius 3 is 2.44 bits per heavy atom. The first-order valence-electron chi connectivity index (χ1n) is 8.29. The number of anilines is 1. The van der Waals surface area contributed by atoms with Crippen LogP contribution in [0.1, 0.15) is 21.5 Å². The molecular formula is C20H26N2O3. The van der Waals surface area contributed by atoms with Crippen LogP contribution in [0.4, 0.5) is 5.69 Å². The number of nitrogens with zero attached hydrogens (tertiary/aromatic N) is 1. The number of aliphatic hydroxyl groups is 1. The molecule has 0 aliphatic heterocycles. The zero-order valence-electron chi connectivity index (χ0n) is 15.2. The van der Waals surface area contributed by atoms with Gasteiger partial charge in [-0.3, -0.25) is 4.79 Å². The average Bonchev–Trinajstić information content (AvgIpc) is 2.53. The van der Waals surface area contributed by atoms with Crippen LogP contribution >= 0.6 is 0 Å². The molecule has 0 saturated heterocycles. The monoisotopic (exact) mass is 342 g/mol. The Hall–Kier alpha value is -2.37. The van der Waals surface area contributed by atoms with Crippen molar-refractivity contribution in [1.29, 1.82) is 0 Å². The highest BCUT2D eigenvalue weighted by Gasteiger charge is 2.10. The summed E-state index contributed by atoms with van der Waals surface area (Å²) in [6.45, 7) is 4.71. The fraction of sp³-hybridized carbons (Fsp3) is 0.350. The molecule has 0 aromatic heterocycles. The lowest BCUT2D eigenvalue weighted by atomic mass is 10.1. The normalized spacial score (nSPS) is 12.1. The standard InChI is InChI=1S/C20H26N2O3/c1-14-5-10-19(15(2)11-14)20(24)21-16-6-8-18(9-7-16)25-13-17(23)12-22(3)4/h5-11,17,23H,12-13H2,1-4H3,(H,21,24). The van der Waals surface area contributed by atoms with Crippen molar-refractivity contribution in [3.63, 3.8) is 0 Å². The second kappa shape index (κ2) is 8.65. The molecule has 25 heavy (non-hydrogen) atoms. The third kappa shape index (κ3) is 5.89. The summed E-state index contributed by atoms with van der Waals surface area (Å²) < 4.78 is 5.56. The van der Waals surface area contributed by atoms with Gasteiger partial charge in [0.1, 0.15) is 18.5 Å². The number of amides is 1. The molecule has 5 heteroatoms. The van der Waals surface area contributed by atoms with Crippen molar-refractivity contribution in [2.75, 3.05) is 32.6 Å². The Morgan fingerprint density at radius 2 is 1.84 bits per heavy atom. The molecule has 1 amide bonds. The lowest BCUT2D eigenvalue weighted by molar-refractivity contribution is 0.0831.